The predicted molar refractivity (Wildman–Crippen MR) is 89.1 cm³/mol. The van der Waals surface area contributed by atoms with Crippen LogP contribution in [-0.4, -0.2) is 33.5 Å². The Morgan fingerprint density at radius 1 is 1.00 bits per heavy atom. The fourth-order valence-corrected chi connectivity index (χ4v) is 5.57. The van der Waals surface area contributed by atoms with Gasteiger partial charge >= 0.3 is 12.2 Å². The Morgan fingerprint density at radius 2 is 1.46 bits per heavy atom. The van der Waals surface area contributed by atoms with Crippen molar-refractivity contribution in [1.29, 1.82) is 0 Å². The van der Waals surface area contributed by atoms with Gasteiger partial charge in [-0.05, 0) is 30.2 Å². The molecular formula is C18H24N2O4. The Morgan fingerprint density at radius 3 is 1.83 bits per heavy atom. The first kappa shape index (κ1) is 16.6. The largest absolute Gasteiger partial charge is 0.465 e. The van der Waals surface area contributed by atoms with E-state index in [1.54, 1.807) is 0 Å². The van der Waals surface area contributed by atoms with Gasteiger partial charge in [0.15, 0.2) is 0 Å². The van der Waals surface area contributed by atoms with Crippen LogP contribution in [0.25, 0.3) is 0 Å². The molecular weight excluding hydrogens is 308 g/mol. The van der Waals surface area contributed by atoms with Gasteiger partial charge in [-0.1, -0.05) is 51.1 Å². The summed E-state index contributed by atoms with van der Waals surface area (Å²) >= 11 is 0. The van der Waals surface area contributed by atoms with Gasteiger partial charge in [-0.25, -0.2) is 9.59 Å². The maximum absolute atomic E-state index is 11.4. The summed E-state index contributed by atoms with van der Waals surface area (Å²) in [6, 6.07) is 9.85. The second kappa shape index (κ2) is 4.88. The summed E-state index contributed by atoms with van der Waals surface area (Å²) in [5.74, 6) is 0. The first-order chi connectivity index (χ1) is 11.1. The van der Waals surface area contributed by atoms with Crippen molar-refractivity contribution in [1.82, 2.24) is 10.6 Å². The summed E-state index contributed by atoms with van der Waals surface area (Å²) < 4.78 is 0. The van der Waals surface area contributed by atoms with Crippen molar-refractivity contribution in [2.24, 2.45) is 10.8 Å². The van der Waals surface area contributed by atoms with Crippen LogP contribution in [0.1, 0.15) is 39.2 Å². The molecule has 2 amide bonds. The van der Waals surface area contributed by atoms with Crippen LogP contribution >= 0.6 is 0 Å². The van der Waals surface area contributed by atoms with Gasteiger partial charge in [0.25, 0.3) is 0 Å². The van der Waals surface area contributed by atoms with E-state index >= 15 is 0 Å². The van der Waals surface area contributed by atoms with E-state index in [9.17, 15) is 19.8 Å². The van der Waals surface area contributed by atoms with E-state index in [1.165, 1.54) is 0 Å². The minimum atomic E-state index is -1.06. The molecule has 1 aromatic carbocycles. The molecule has 3 aliphatic rings. The van der Waals surface area contributed by atoms with Gasteiger partial charge in [0.05, 0.1) is 11.1 Å². The summed E-state index contributed by atoms with van der Waals surface area (Å²) in [4.78, 5) is 22.8. The van der Waals surface area contributed by atoms with E-state index in [0.29, 0.717) is 19.3 Å². The van der Waals surface area contributed by atoms with Crippen LogP contribution in [0.15, 0.2) is 30.3 Å². The Hall–Kier alpha value is -2.24. The number of amides is 2. The zero-order chi connectivity index (χ0) is 17.8. The Labute approximate surface area is 141 Å². The van der Waals surface area contributed by atoms with Crippen molar-refractivity contribution in [3.8, 4) is 0 Å². The van der Waals surface area contributed by atoms with Crippen molar-refractivity contribution in [2.45, 2.75) is 51.1 Å². The van der Waals surface area contributed by atoms with Gasteiger partial charge in [0.1, 0.15) is 0 Å². The lowest BCUT2D eigenvalue weighted by atomic mass is 9.23. The van der Waals surface area contributed by atoms with Crippen LogP contribution in [0.4, 0.5) is 9.59 Å². The van der Waals surface area contributed by atoms with E-state index in [1.807, 2.05) is 30.3 Å². The average molecular weight is 332 g/mol. The average Bonchev–Trinajstić information content (AvgIpc) is 2.41. The Balaban J connectivity index is 2.06. The predicted octanol–water partition coefficient (Wildman–Crippen LogP) is 3.08. The lowest BCUT2D eigenvalue weighted by Crippen LogP contribution is -2.98. The van der Waals surface area contributed by atoms with Crippen LogP contribution in [0.2, 0.25) is 0 Å². The normalized spacial score (nSPS) is 33.8. The Bertz CT molecular complexity index is 644. The number of carbonyl (C=O) groups is 2. The molecule has 6 nitrogen and oxygen atoms in total. The third-order valence-corrected chi connectivity index (χ3v) is 6.13. The van der Waals surface area contributed by atoms with Gasteiger partial charge in [-0.15, -0.1) is 0 Å². The highest BCUT2D eigenvalue weighted by Crippen LogP contribution is 2.79. The zero-order valence-corrected chi connectivity index (χ0v) is 14.2. The number of nitrogens with one attached hydrogen (secondary N) is 2. The molecule has 3 aliphatic carbocycles. The number of carboxylic acid groups (broad SMARTS) is 2. The molecule has 2 bridgehead atoms. The number of hydrogen-bond acceptors (Lipinski definition) is 2. The highest BCUT2D eigenvalue weighted by atomic mass is 16.4. The van der Waals surface area contributed by atoms with Gasteiger partial charge < -0.3 is 20.8 Å². The highest BCUT2D eigenvalue weighted by molar-refractivity contribution is 5.72. The molecule has 0 atom stereocenters. The van der Waals surface area contributed by atoms with Gasteiger partial charge in [0, 0.05) is 5.41 Å². The first-order valence-electron chi connectivity index (χ1n) is 8.14. The molecule has 4 rings (SSSR count). The maximum atomic E-state index is 11.4. The smallest absolute Gasteiger partial charge is 0.405 e. The summed E-state index contributed by atoms with van der Waals surface area (Å²) in [5.41, 5.74) is -0.889. The molecule has 0 aliphatic heterocycles. The summed E-state index contributed by atoms with van der Waals surface area (Å²) in [6.07, 6.45) is -0.482. The molecule has 0 aromatic heterocycles. The van der Waals surface area contributed by atoms with Crippen molar-refractivity contribution in [3.05, 3.63) is 35.9 Å². The van der Waals surface area contributed by atoms with Gasteiger partial charge in [0.2, 0.25) is 0 Å². The molecule has 1 aromatic rings. The fraction of sp³-hybridized carbons (Fsp3) is 0.556. The zero-order valence-electron chi connectivity index (χ0n) is 14.2. The number of rotatable bonds is 4. The lowest BCUT2D eigenvalue weighted by molar-refractivity contribution is -0.300. The van der Waals surface area contributed by atoms with Crippen molar-refractivity contribution in [2.75, 3.05) is 0 Å². The van der Waals surface area contributed by atoms with Crippen LogP contribution in [0.3, 0.4) is 0 Å². The topological polar surface area (TPSA) is 98.7 Å². The van der Waals surface area contributed by atoms with Crippen LogP contribution < -0.4 is 10.6 Å². The van der Waals surface area contributed by atoms with Gasteiger partial charge in [-0.2, -0.15) is 0 Å². The maximum Gasteiger partial charge on any atom is 0.405 e. The SMILES string of the molecule is CC(C)(C)C1(Cc2ccccc2)C2(NC(=O)O)CC1(NC(=O)O)C2. The molecule has 0 saturated heterocycles. The molecule has 3 saturated carbocycles. The quantitative estimate of drug-likeness (QED) is 0.681. The van der Waals surface area contributed by atoms with Crippen LogP contribution in [-0.2, 0) is 6.42 Å². The number of benzene rings is 1. The molecule has 0 unspecified atom stereocenters. The van der Waals surface area contributed by atoms with Crippen molar-refractivity contribution >= 4 is 12.2 Å². The fourth-order valence-electron chi connectivity index (χ4n) is 5.57. The third kappa shape index (κ3) is 1.95. The first-order valence-corrected chi connectivity index (χ1v) is 8.14. The standard InChI is InChI=1S/C18H24N2O4/c1-15(2,3)18(9-12-7-5-4-6-8-12)16(19-13(21)22)10-17(18,11-16)20-14(23)24/h4-8,19-20H,9-11H2,1-3H3,(H,21,22)(H,23,24). The third-order valence-electron chi connectivity index (χ3n) is 6.13. The van der Waals surface area contributed by atoms with E-state index < -0.39 is 28.7 Å². The second-order valence-corrected chi connectivity index (χ2v) is 8.20. The summed E-state index contributed by atoms with van der Waals surface area (Å²) in [7, 11) is 0. The monoisotopic (exact) mass is 332 g/mol. The van der Waals surface area contributed by atoms with E-state index in [2.05, 4.69) is 31.4 Å². The molecule has 3 fully saturated rings. The van der Waals surface area contributed by atoms with E-state index in [4.69, 9.17) is 0 Å². The van der Waals surface area contributed by atoms with Crippen LogP contribution in [0, 0.1) is 10.8 Å². The molecule has 6 heteroatoms. The van der Waals surface area contributed by atoms with E-state index in [0.717, 1.165) is 5.56 Å². The summed E-state index contributed by atoms with van der Waals surface area (Å²) in [6.45, 7) is 6.18. The van der Waals surface area contributed by atoms with Crippen molar-refractivity contribution < 1.29 is 19.8 Å². The lowest BCUT2D eigenvalue weighted by Gasteiger charge is -2.86. The Kier molecular flexibility index (Phi) is 3.38. The molecule has 130 valence electrons. The summed E-state index contributed by atoms with van der Waals surface area (Å²) in [5, 5.41) is 24.1. The highest BCUT2D eigenvalue weighted by Gasteiger charge is 2.88. The molecule has 24 heavy (non-hydrogen) atoms. The molecule has 0 heterocycles. The second-order valence-electron chi connectivity index (χ2n) is 8.20. The van der Waals surface area contributed by atoms with Gasteiger partial charge in [-0.3, -0.25) is 0 Å². The minimum absolute atomic E-state index is 0.287. The molecule has 0 spiro atoms. The van der Waals surface area contributed by atoms with Crippen LogP contribution in [0.5, 0.6) is 0 Å². The minimum Gasteiger partial charge on any atom is -0.465 e. The van der Waals surface area contributed by atoms with E-state index in [-0.39, 0.29) is 5.41 Å². The molecule has 0 radical (unpaired) electrons. The molecule has 4 N–H and O–H groups in total. The van der Waals surface area contributed by atoms with Crippen molar-refractivity contribution in [3.63, 3.8) is 0 Å². The number of hydrogen-bond donors (Lipinski definition) is 4.